The van der Waals surface area contributed by atoms with Crippen LogP contribution in [-0.4, -0.2) is 19.1 Å². The minimum Gasteiger partial charge on any atom is -0.385 e. The van der Waals surface area contributed by atoms with E-state index >= 15 is 0 Å². The van der Waals surface area contributed by atoms with Crippen molar-refractivity contribution < 1.29 is 0 Å². The summed E-state index contributed by atoms with van der Waals surface area (Å²) >= 11 is 6.03. The Labute approximate surface area is 101 Å². The van der Waals surface area contributed by atoms with Crippen LogP contribution in [0.3, 0.4) is 0 Å². The molecule has 0 saturated carbocycles. The van der Waals surface area contributed by atoms with E-state index in [1.54, 1.807) is 0 Å². The van der Waals surface area contributed by atoms with Gasteiger partial charge in [-0.1, -0.05) is 17.7 Å². The van der Waals surface area contributed by atoms with Crippen LogP contribution in [0, 0.1) is 0 Å². The van der Waals surface area contributed by atoms with Gasteiger partial charge in [0.05, 0.1) is 0 Å². The van der Waals surface area contributed by atoms with Gasteiger partial charge in [-0.2, -0.15) is 0 Å². The van der Waals surface area contributed by atoms with Gasteiger partial charge in [-0.05, 0) is 43.5 Å². The van der Waals surface area contributed by atoms with Gasteiger partial charge < -0.3 is 10.6 Å². The molecule has 3 heteroatoms. The largest absolute Gasteiger partial charge is 0.385 e. The van der Waals surface area contributed by atoms with Gasteiger partial charge in [0.15, 0.2) is 0 Å². The zero-order chi connectivity index (χ0) is 11.0. The van der Waals surface area contributed by atoms with Crippen molar-refractivity contribution in [3.63, 3.8) is 0 Å². The molecule has 2 aliphatic heterocycles. The second-order valence-electron chi connectivity index (χ2n) is 4.76. The van der Waals surface area contributed by atoms with Crippen molar-refractivity contribution in [2.75, 3.05) is 18.4 Å². The quantitative estimate of drug-likeness (QED) is 0.784. The maximum atomic E-state index is 6.03. The molecule has 2 nitrogen and oxygen atoms in total. The molecule has 1 saturated heterocycles. The summed E-state index contributed by atoms with van der Waals surface area (Å²) in [5.41, 5.74) is 2.67. The molecule has 0 bridgehead atoms. The van der Waals surface area contributed by atoms with Crippen molar-refractivity contribution in [3.8, 4) is 0 Å². The van der Waals surface area contributed by atoms with Crippen LogP contribution in [0.15, 0.2) is 18.2 Å². The second kappa shape index (κ2) is 4.27. The molecule has 1 aromatic rings. The van der Waals surface area contributed by atoms with Gasteiger partial charge in [0.1, 0.15) is 0 Å². The summed E-state index contributed by atoms with van der Waals surface area (Å²) in [6.45, 7) is 2.24. The molecule has 2 unspecified atom stereocenters. The van der Waals surface area contributed by atoms with E-state index in [2.05, 4.69) is 22.8 Å². The first-order chi connectivity index (χ1) is 7.84. The van der Waals surface area contributed by atoms with Gasteiger partial charge in [-0.25, -0.2) is 0 Å². The van der Waals surface area contributed by atoms with Crippen molar-refractivity contribution in [1.82, 2.24) is 5.32 Å². The summed E-state index contributed by atoms with van der Waals surface area (Å²) in [4.78, 5) is 0. The van der Waals surface area contributed by atoms with E-state index in [4.69, 9.17) is 11.6 Å². The zero-order valence-corrected chi connectivity index (χ0v) is 10.1. The van der Waals surface area contributed by atoms with Gasteiger partial charge in [0, 0.05) is 29.2 Å². The summed E-state index contributed by atoms with van der Waals surface area (Å²) in [5, 5.41) is 7.89. The van der Waals surface area contributed by atoms with Crippen molar-refractivity contribution in [1.29, 1.82) is 0 Å². The molecule has 16 heavy (non-hydrogen) atoms. The molecule has 0 aromatic heterocycles. The standard InChI is InChI=1S/C13H17ClN2/c14-9-3-4-10-11(12-2-1-6-15-12)5-7-16-13(10)8-9/h3-4,8,11-12,15-16H,1-2,5-7H2. The number of hydrogen-bond donors (Lipinski definition) is 2. The molecule has 0 radical (unpaired) electrons. The summed E-state index contributed by atoms with van der Waals surface area (Å²) in [6, 6.07) is 6.92. The number of nitrogens with one attached hydrogen (secondary N) is 2. The Hall–Kier alpha value is -0.730. The van der Waals surface area contributed by atoms with Crippen LogP contribution >= 0.6 is 11.6 Å². The maximum Gasteiger partial charge on any atom is 0.0426 e. The monoisotopic (exact) mass is 236 g/mol. The van der Waals surface area contributed by atoms with E-state index in [-0.39, 0.29) is 0 Å². The Balaban J connectivity index is 1.93. The van der Waals surface area contributed by atoms with Crippen molar-refractivity contribution in [3.05, 3.63) is 28.8 Å². The van der Waals surface area contributed by atoms with Crippen LogP contribution < -0.4 is 10.6 Å². The highest BCUT2D eigenvalue weighted by atomic mass is 35.5. The Morgan fingerprint density at radius 3 is 2.94 bits per heavy atom. The lowest BCUT2D eigenvalue weighted by Crippen LogP contribution is -2.32. The van der Waals surface area contributed by atoms with Gasteiger partial charge in [-0.15, -0.1) is 0 Å². The van der Waals surface area contributed by atoms with Gasteiger partial charge in [0.2, 0.25) is 0 Å². The minimum atomic E-state index is 0.663. The van der Waals surface area contributed by atoms with E-state index in [1.807, 2.05) is 6.07 Å². The predicted molar refractivity (Wildman–Crippen MR) is 68.3 cm³/mol. The molecule has 1 fully saturated rings. The fourth-order valence-electron chi connectivity index (χ4n) is 3.00. The van der Waals surface area contributed by atoms with Crippen LogP contribution in [0.25, 0.3) is 0 Å². The minimum absolute atomic E-state index is 0.663. The number of fused-ring (bicyclic) bond motifs is 1. The molecule has 0 aliphatic carbocycles. The average Bonchev–Trinajstić information content (AvgIpc) is 2.81. The number of halogens is 1. The zero-order valence-electron chi connectivity index (χ0n) is 9.30. The van der Waals surface area contributed by atoms with E-state index < -0.39 is 0 Å². The first kappa shape index (κ1) is 10.4. The molecular formula is C13H17ClN2. The Kier molecular flexibility index (Phi) is 2.78. The Bertz CT molecular complexity index is 386. The van der Waals surface area contributed by atoms with E-state index in [9.17, 15) is 0 Å². The molecule has 86 valence electrons. The number of benzene rings is 1. The van der Waals surface area contributed by atoms with E-state index in [0.717, 1.165) is 11.6 Å². The summed E-state index contributed by atoms with van der Waals surface area (Å²) in [7, 11) is 0. The Morgan fingerprint density at radius 1 is 1.19 bits per heavy atom. The van der Waals surface area contributed by atoms with Crippen molar-refractivity contribution in [2.45, 2.75) is 31.2 Å². The van der Waals surface area contributed by atoms with Gasteiger partial charge >= 0.3 is 0 Å². The van der Waals surface area contributed by atoms with Crippen LogP contribution in [0.2, 0.25) is 5.02 Å². The number of hydrogen-bond acceptors (Lipinski definition) is 2. The van der Waals surface area contributed by atoms with Crippen molar-refractivity contribution >= 4 is 17.3 Å². The van der Waals surface area contributed by atoms with Gasteiger partial charge in [0.25, 0.3) is 0 Å². The van der Waals surface area contributed by atoms with E-state index in [0.29, 0.717) is 12.0 Å². The fraction of sp³-hybridized carbons (Fsp3) is 0.538. The van der Waals surface area contributed by atoms with Crippen molar-refractivity contribution in [2.24, 2.45) is 0 Å². The molecule has 0 amide bonds. The third kappa shape index (κ3) is 1.80. The first-order valence-electron chi connectivity index (χ1n) is 6.11. The number of rotatable bonds is 1. The smallest absolute Gasteiger partial charge is 0.0426 e. The number of anilines is 1. The van der Waals surface area contributed by atoms with E-state index in [1.165, 1.54) is 37.1 Å². The third-order valence-electron chi connectivity index (χ3n) is 3.77. The molecule has 3 rings (SSSR count). The third-order valence-corrected chi connectivity index (χ3v) is 4.00. The summed E-state index contributed by atoms with van der Waals surface area (Å²) in [5.74, 6) is 0.663. The SMILES string of the molecule is Clc1ccc2c(c1)NCCC2C1CCCN1. The lowest BCUT2D eigenvalue weighted by Gasteiger charge is -2.31. The van der Waals surface area contributed by atoms with Crippen LogP contribution in [0.5, 0.6) is 0 Å². The highest BCUT2D eigenvalue weighted by Gasteiger charge is 2.29. The highest BCUT2D eigenvalue weighted by Crippen LogP contribution is 2.37. The van der Waals surface area contributed by atoms with Crippen LogP contribution in [-0.2, 0) is 0 Å². The van der Waals surface area contributed by atoms with Crippen LogP contribution in [0.4, 0.5) is 5.69 Å². The molecule has 2 aliphatic rings. The molecule has 1 aromatic carbocycles. The normalized spacial score (nSPS) is 28.6. The topological polar surface area (TPSA) is 24.1 Å². The predicted octanol–water partition coefficient (Wildman–Crippen LogP) is 2.99. The lowest BCUT2D eigenvalue weighted by molar-refractivity contribution is 0.463. The molecule has 2 atom stereocenters. The molecule has 0 spiro atoms. The molecular weight excluding hydrogens is 220 g/mol. The average molecular weight is 237 g/mol. The summed E-state index contributed by atoms with van der Waals surface area (Å²) in [6.07, 6.45) is 3.86. The lowest BCUT2D eigenvalue weighted by atomic mass is 9.84. The maximum absolute atomic E-state index is 6.03. The second-order valence-corrected chi connectivity index (χ2v) is 5.19. The molecule has 2 N–H and O–H groups in total. The first-order valence-corrected chi connectivity index (χ1v) is 6.49. The summed E-state index contributed by atoms with van der Waals surface area (Å²) < 4.78 is 0. The highest BCUT2D eigenvalue weighted by molar-refractivity contribution is 6.30. The van der Waals surface area contributed by atoms with Crippen LogP contribution in [0.1, 0.15) is 30.7 Å². The van der Waals surface area contributed by atoms with Gasteiger partial charge in [-0.3, -0.25) is 0 Å². The fourth-order valence-corrected chi connectivity index (χ4v) is 3.17. The molecule has 2 heterocycles. The Morgan fingerprint density at radius 2 is 2.12 bits per heavy atom.